The predicted molar refractivity (Wildman–Crippen MR) is 122 cm³/mol. The molecular weight excluding hydrogens is 419 g/mol. The standard InChI is InChI=1S/C13H11ClO2.C12H11ClO/c14-10-3-1-8(2-4-10)13-11-7-16-6-9(11)5-12(13)15;1-2-9-14-10-3-4-11-5-7-12(13)8-6-11/h1-4,9H,5-7H2;2,5-8H,1,9-10H2. The lowest BCUT2D eigenvalue weighted by molar-refractivity contribution is -0.113. The summed E-state index contributed by atoms with van der Waals surface area (Å²) >= 11 is 11.6. The summed E-state index contributed by atoms with van der Waals surface area (Å²) in [6.07, 6.45) is 2.30. The van der Waals surface area contributed by atoms with E-state index in [0.29, 0.717) is 43.8 Å². The lowest BCUT2D eigenvalue weighted by Gasteiger charge is -2.03. The molecule has 0 N–H and O–H groups in total. The minimum absolute atomic E-state index is 0.241. The van der Waals surface area contributed by atoms with E-state index in [1.54, 1.807) is 6.08 Å². The molecule has 1 aliphatic heterocycles. The van der Waals surface area contributed by atoms with Gasteiger partial charge in [0, 0.05) is 33.5 Å². The first-order valence-corrected chi connectivity index (χ1v) is 10.4. The van der Waals surface area contributed by atoms with E-state index in [4.69, 9.17) is 32.7 Å². The summed E-state index contributed by atoms with van der Waals surface area (Å²) in [6.45, 7) is 5.80. The van der Waals surface area contributed by atoms with Crippen molar-refractivity contribution in [3.05, 3.63) is 87.9 Å². The molecule has 2 aromatic rings. The fourth-order valence-electron chi connectivity index (χ4n) is 3.32. The Bertz CT molecular complexity index is 980. The van der Waals surface area contributed by atoms with Gasteiger partial charge in [-0.25, -0.2) is 0 Å². The molecule has 1 atom stereocenters. The second-order valence-corrected chi connectivity index (χ2v) is 7.73. The van der Waals surface area contributed by atoms with Crippen LogP contribution in [0.2, 0.25) is 10.0 Å². The van der Waals surface area contributed by atoms with Crippen molar-refractivity contribution in [1.29, 1.82) is 0 Å². The van der Waals surface area contributed by atoms with Gasteiger partial charge in [0.1, 0.15) is 6.61 Å². The Balaban J connectivity index is 0.000000173. The number of benzene rings is 2. The molecule has 0 saturated carbocycles. The van der Waals surface area contributed by atoms with Gasteiger partial charge in [-0.3, -0.25) is 4.79 Å². The van der Waals surface area contributed by atoms with Crippen LogP contribution in [0, 0.1) is 17.8 Å². The van der Waals surface area contributed by atoms with E-state index in [1.165, 1.54) is 5.57 Å². The Morgan fingerprint density at radius 2 is 1.77 bits per heavy atom. The molecule has 0 amide bonds. The van der Waals surface area contributed by atoms with Gasteiger partial charge in [-0.1, -0.05) is 53.3 Å². The number of rotatable bonds is 4. The van der Waals surface area contributed by atoms with Gasteiger partial charge in [-0.05, 0) is 47.5 Å². The minimum atomic E-state index is 0.241. The Morgan fingerprint density at radius 1 is 1.10 bits per heavy atom. The molecule has 30 heavy (non-hydrogen) atoms. The van der Waals surface area contributed by atoms with Crippen molar-refractivity contribution in [1.82, 2.24) is 0 Å². The van der Waals surface area contributed by atoms with E-state index in [9.17, 15) is 4.79 Å². The number of hydrogen-bond donors (Lipinski definition) is 0. The van der Waals surface area contributed by atoms with Crippen molar-refractivity contribution in [2.45, 2.75) is 6.42 Å². The molecule has 0 radical (unpaired) electrons. The van der Waals surface area contributed by atoms with Crippen LogP contribution in [0.5, 0.6) is 0 Å². The molecule has 1 saturated heterocycles. The largest absolute Gasteiger partial charge is 0.376 e. The average Bonchev–Trinajstić information content (AvgIpc) is 3.31. The van der Waals surface area contributed by atoms with Gasteiger partial charge in [0.15, 0.2) is 5.78 Å². The Hall–Kier alpha value is -2.35. The molecule has 0 bridgehead atoms. The molecule has 0 aromatic heterocycles. The molecule has 3 nitrogen and oxygen atoms in total. The van der Waals surface area contributed by atoms with Crippen LogP contribution in [0.1, 0.15) is 17.5 Å². The lowest BCUT2D eigenvalue weighted by Crippen LogP contribution is -2.01. The first-order chi connectivity index (χ1) is 14.6. The first-order valence-electron chi connectivity index (χ1n) is 9.61. The second-order valence-electron chi connectivity index (χ2n) is 6.86. The summed E-state index contributed by atoms with van der Waals surface area (Å²) in [5.74, 6) is 6.41. The van der Waals surface area contributed by atoms with Crippen molar-refractivity contribution in [3.63, 3.8) is 0 Å². The molecule has 5 heteroatoms. The molecule has 154 valence electrons. The van der Waals surface area contributed by atoms with Crippen LogP contribution in [0.25, 0.3) is 5.57 Å². The minimum Gasteiger partial charge on any atom is -0.376 e. The van der Waals surface area contributed by atoms with Crippen LogP contribution >= 0.6 is 23.2 Å². The van der Waals surface area contributed by atoms with Gasteiger partial charge in [0.2, 0.25) is 0 Å². The molecule has 4 rings (SSSR count). The molecular formula is C25H22Cl2O3. The lowest BCUT2D eigenvalue weighted by atomic mass is 10.0. The zero-order valence-corrected chi connectivity index (χ0v) is 18.0. The number of carbonyl (C=O) groups is 1. The van der Waals surface area contributed by atoms with Crippen LogP contribution in [-0.2, 0) is 14.3 Å². The van der Waals surface area contributed by atoms with Crippen LogP contribution in [0.15, 0.2) is 66.8 Å². The van der Waals surface area contributed by atoms with Crippen molar-refractivity contribution < 1.29 is 14.3 Å². The van der Waals surface area contributed by atoms with E-state index in [0.717, 1.165) is 21.7 Å². The number of ether oxygens (including phenoxy) is 2. The number of halogens is 2. The normalized spacial score (nSPS) is 17.0. The summed E-state index contributed by atoms with van der Waals surface area (Å²) < 4.78 is 10.5. The predicted octanol–water partition coefficient (Wildman–Crippen LogP) is 5.61. The monoisotopic (exact) mass is 440 g/mol. The molecule has 1 unspecified atom stereocenters. The number of Topliss-reactive ketones (excluding diaryl/α,β-unsaturated/α-hetero) is 1. The fourth-order valence-corrected chi connectivity index (χ4v) is 3.57. The van der Waals surface area contributed by atoms with Crippen molar-refractivity contribution in [2.75, 3.05) is 26.4 Å². The third-order valence-electron chi connectivity index (χ3n) is 4.72. The van der Waals surface area contributed by atoms with Gasteiger partial charge < -0.3 is 9.47 Å². The van der Waals surface area contributed by atoms with Crippen LogP contribution in [0.3, 0.4) is 0 Å². The summed E-state index contributed by atoms with van der Waals surface area (Å²) in [5.41, 5.74) is 3.94. The smallest absolute Gasteiger partial charge is 0.164 e. The first kappa shape index (κ1) is 22.3. The third kappa shape index (κ3) is 6.08. The highest BCUT2D eigenvalue weighted by molar-refractivity contribution is 6.31. The number of fused-ring (bicyclic) bond motifs is 1. The van der Waals surface area contributed by atoms with Crippen molar-refractivity contribution in [3.8, 4) is 11.8 Å². The van der Waals surface area contributed by atoms with Gasteiger partial charge in [0.05, 0.1) is 19.8 Å². The van der Waals surface area contributed by atoms with Crippen LogP contribution in [0.4, 0.5) is 0 Å². The van der Waals surface area contributed by atoms with Gasteiger partial charge in [0.25, 0.3) is 0 Å². The molecule has 2 aromatic carbocycles. The summed E-state index contributed by atoms with van der Waals surface area (Å²) in [5, 5.41) is 1.41. The maximum absolute atomic E-state index is 11.9. The number of ketones is 1. The Kier molecular flexibility index (Phi) is 8.30. The maximum Gasteiger partial charge on any atom is 0.164 e. The number of hydrogen-bond acceptors (Lipinski definition) is 3. The average molecular weight is 441 g/mol. The molecule has 1 heterocycles. The Morgan fingerprint density at radius 3 is 2.43 bits per heavy atom. The number of allylic oxidation sites excluding steroid dienone is 1. The summed E-state index contributed by atoms with van der Waals surface area (Å²) in [4.78, 5) is 11.9. The molecule has 2 aliphatic rings. The summed E-state index contributed by atoms with van der Waals surface area (Å²) in [6, 6.07) is 14.8. The quantitative estimate of drug-likeness (QED) is 0.352. The SMILES string of the molecule is C=CCOCC#Cc1ccc(Cl)cc1.O=C1CC2COCC2=C1c1ccc(Cl)cc1. The third-order valence-corrected chi connectivity index (χ3v) is 5.22. The number of carbonyl (C=O) groups excluding carboxylic acids is 1. The van der Waals surface area contributed by atoms with Crippen molar-refractivity contribution >= 4 is 34.6 Å². The van der Waals surface area contributed by atoms with Gasteiger partial charge in [-0.15, -0.1) is 6.58 Å². The zero-order valence-electron chi connectivity index (χ0n) is 16.5. The maximum atomic E-state index is 11.9. The van der Waals surface area contributed by atoms with Crippen molar-refractivity contribution in [2.24, 2.45) is 5.92 Å². The molecule has 1 aliphatic carbocycles. The molecule has 1 fully saturated rings. The van der Waals surface area contributed by atoms with E-state index >= 15 is 0 Å². The zero-order chi connectivity index (χ0) is 21.3. The van der Waals surface area contributed by atoms with E-state index in [-0.39, 0.29) is 5.78 Å². The van der Waals surface area contributed by atoms with Gasteiger partial charge >= 0.3 is 0 Å². The summed E-state index contributed by atoms with van der Waals surface area (Å²) in [7, 11) is 0. The topological polar surface area (TPSA) is 35.5 Å². The van der Waals surface area contributed by atoms with E-state index in [2.05, 4.69) is 18.4 Å². The second kappa shape index (κ2) is 11.2. The molecule has 0 spiro atoms. The van der Waals surface area contributed by atoms with E-state index < -0.39 is 0 Å². The highest BCUT2D eigenvalue weighted by Crippen LogP contribution is 2.39. The Labute approximate surface area is 187 Å². The highest BCUT2D eigenvalue weighted by Gasteiger charge is 2.36. The van der Waals surface area contributed by atoms with Crippen LogP contribution in [-0.4, -0.2) is 32.2 Å². The van der Waals surface area contributed by atoms with Crippen LogP contribution < -0.4 is 0 Å². The van der Waals surface area contributed by atoms with Gasteiger partial charge in [-0.2, -0.15) is 0 Å². The fraction of sp³-hybridized carbons (Fsp3) is 0.240. The van der Waals surface area contributed by atoms with E-state index in [1.807, 2.05) is 48.5 Å². The highest BCUT2D eigenvalue weighted by atomic mass is 35.5.